The molecule has 3 aliphatic rings. The summed E-state index contributed by atoms with van der Waals surface area (Å²) in [7, 11) is 1.59. The van der Waals surface area contributed by atoms with E-state index < -0.39 is 12.2 Å². The zero-order valence-electron chi connectivity index (χ0n) is 15.8. The second-order valence-corrected chi connectivity index (χ2v) is 8.87. The molecule has 5 atom stereocenters. The summed E-state index contributed by atoms with van der Waals surface area (Å²) < 4.78 is 5.55. The van der Waals surface area contributed by atoms with E-state index in [-0.39, 0.29) is 10.8 Å². The van der Waals surface area contributed by atoms with Crippen LogP contribution in [0.5, 0.6) is 0 Å². The molecule has 1 N–H and O–H groups in total. The highest BCUT2D eigenvalue weighted by atomic mass is 16.5. The van der Waals surface area contributed by atoms with Crippen molar-refractivity contribution in [3.63, 3.8) is 0 Å². The zero-order chi connectivity index (χ0) is 17.7. The molecule has 1 fully saturated rings. The SMILES string of the molecule is CO[C@@H]1C(C=O)=CC[C@@H]2C3=C(C(C)C)CC[C@]3(C)CC[C@@]2(C)[C@H]1O. The highest BCUT2D eigenvalue weighted by Gasteiger charge is 2.56. The third-order valence-electron chi connectivity index (χ3n) is 7.27. The maximum atomic E-state index is 11.5. The summed E-state index contributed by atoms with van der Waals surface area (Å²) in [6, 6.07) is 0. The van der Waals surface area contributed by atoms with E-state index in [0.29, 0.717) is 17.4 Å². The van der Waals surface area contributed by atoms with Crippen LogP contribution in [0.15, 0.2) is 22.8 Å². The van der Waals surface area contributed by atoms with Gasteiger partial charge in [-0.25, -0.2) is 0 Å². The van der Waals surface area contributed by atoms with Gasteiger partial charge in [-0.3, -0.25) is 4.79 Å². The van der Waals surface area contributed by atoms with Crippen molar-refractivity contribution in [3.05, 3.63) is 22.8 Å². The number of allylic oxidation sites excluding steroid dienone is 3. The summed E-state index contributed by atoms with van der Waals surface area (Å²) >= 11 is 0. The topological polar surface area (TPSA) is 46.5 Å². The molecule has 0 aromatic rings. The Kier molecular flexibility index (Phi) is 4.55. The lowest BCUT2D eigenvalue weighted by Crippen LogP contribution is -2.51. The minimum atomic E-state index is -0.641. The van der Waals surface area contributed by atoms with Gasteiger partial charge in [0.15, 0.2) is 0 Å². The average molecular weight is 332 g/mol. The lowest BCUT2D eigenvalue weighted by Gasteiger charge is -2.52. The van der Waals surface area contributed by atoms with Crippen LogP contribution in [0.4, 0.5) is 0 Å². The first-order chi connectivity index (χ1) is 11.3. The van der Waals surface area contributed by atoms with Crippen molar-refractivity contribution in [3.8, 4) is 0 Å². The Morgan fingerprint density at radius 3 is 2.58 bits per heavy atom. The number of hydrogen-bond acceptors (Lipinski definition) is 3. The fourth-order valence-corrected chi connectivity index (χ4v) is 5.64. The van der Waals surface area contributed by atoms with Crippen molar-refractivity contribution in [1.82, 2.24) is 0 Å². The third-order valence-corrected chi connectivity index (χ3v) is 7.27. The Morgan fingerprint density at radius 1 is 1.29 bits per heavy atom. The van der Waals surface area contributed by atoms with Gasteiger partial charge >= 0.3 is 0 Å². The third kappa shape index (κ3) is 2.43. The number of aliphatic hydroxyl groups is 1. The first kappa shape index (κ1) is 17.9. The number of fused-ring (bicyclic) bond motifs is 3. The minimum Gasteiger partial charge on any atom is -0.389 e. The van der Waals surface area contributed by atoms with Crippen LogP contribution < -0.4 is 0 Å². The Balaban J connectivity index is 2.13. The quantitative estimate of drug-likeness (QED) is 0.626. The Bertz CT molecular complexity index is 588. The van der Waals surface area contributed by atoms with E-state index in [1.54, 1.807) is 18.3 Å². The highest BCUT2D eigenvalue weighted by molar-refractivity contribution is 5.75. The standard InChI is InChI=1S/C21H32O3/c1-13(2)15-8-9-20(3)10-11-21(4)16(17(15)20)7-6-14(12-22)18(24-5)19(21)23/h6,12-13,16,18-19,23H,7-11H2,1-5H3/t16-,18-,19+,20-,21-/m1/s1. The molecule has 0 aromatic heterocycles. The minimum absolute atomic E-state index is 0.235. The molecule has 0 unspecified atom stereocenters. The van der Waals surface area contributed by atoms with Crippen LogP contribution >= 0.6 is 0 Å². The molecule has 3 rings (SSSR count). The molecular formula is C21H32O3. The maximum Gasteiger partial charge on any atom is 0.148 e. The predicted molar refractivity (Wildman–Crippen MR) is 95.6 cm³/mol. The summed E-state index contributed by atoms with van der Waals surface area (Å²) in [5.74, 6) is 0.860. The van der Waals surface area contributed by atoms with Gasteiger partial charge in [-0.1, -0.05) is 44.9 Å². The van der Waals surface area contributed by atoms with Gasteiger partial charge < -0.3 is 9.84 Å². The predicted octanol–water partition coefficient (Wildman–Crippen LogP) is 4.06. The first-order valence-electron chi connectivity index (χ1n) is 9.38. The van der Waals surface area contributed by atoms with Crippen molar-refractivity contribution in [1.29, 1.82) is 0 Å². The molecule has 1 saturated carbocycles. The van der Waals surface area contributed by atoms with Gasteiger partial charge in [0.2, 0.25) is 0 Å². The lowest BCUT2D eigenvalue weighted by atomic mass is 9.54. The van der Waals surface area contributed by atoms with E-state index in [9.17, 15) is 9.90 Å². The second-order valence-electron chi connectivity index (χ2n) is 8.87. The number of methoxy groups -OCH3 is 1. The molecule has 0 bridgehead atoms. The van der Waals surface area contributed by atoms with Crippen molar-refractivity contribution in [2.75, 3.05) is 7.11 Å². The van der Waals surface area contributed by atoms with E-state index in [2.05, 4.69) is 27.7 Å². The van der Waals surface area contributed by atoms with Gasteiger partial charge in [0, 0.05) is 18.1 Å². The Morgan fingerprint density at radius 2 is 2.00 bits per heavy atom. The summed E-state index contributed by atoms with van der Waals surface area (Å²) in [6.07, 6.45) is 7.10. The fourth-order valence-electron chi connectivity index (χ4n) is 5.64. The molecule has 3 heteroatoms. The van der Waals surface area contributed by atoms with E-state index in [1.807, 2.05) is 6.08 Å². The zero-order valence-corrected chi connectivity index (χ0v) is 15.8. The van der Waals surface area contributed by atoms with Crippen molar-refractivity contribution >= 4 is 6.29 Å². The summed E-state index contributed by atoms with van der Waals surface area (Å²) in [5.41, 5.74) is 3.82. The number of carbonyl (C=O) groups excluding carboxylic acids is 1. The van der Waals surface area contributed by atoms with Crippen LogP contribution in [0.3, 0.4) is 0 Å². The van der Waals surface area contributed by atoms with Gasteiger partial charge in [0.1, 0.15) is 12.4 Å². The molecule has 0 aromatic carbocycles. The van der Waals surface area contributed by atoms with E-state index >= 15 is 0 Å². The molecule has 134 valence electrons. The Labute approximate surface area is 146 Å². The molecule has 0 saturated heterocycles. The van der Waals surface area contributed by atoms with Crippen molar-refractivity contribution in [2.45, 2.75) is 72.0 Å². The molecule has 3 aliphatic carbocycles. The summed E-state index contributed by atoms with van der Waals surface area (Å²) in [6.45, 7) is 9.20. The molecular weight excluding hydrogens is 300 g/mol. The van der Waals surface area contributed by atoms with E-state index in [0.717, 1.165) is 25.5 Å². The van der Waals surface area contributed by atoms with Gasteiger partial charge in [0.25, 0.3) is 0 Å². The molecule has 0 amide bonds. The molecule has 24 heavy (non-hydrogen) atoms. The Hall–Kier alpha value is -0.930. The first-order valence-corrected chi connectivity index (χ1v) is 9.38. The van der Waals surface area contributed by atoms with E-state index in [1.165, 1.54) is 12.8 Å². The van der Waals surface area contributed by atoms with Crippen LogP contribution in [0, 0.1) is 22.7 Å². The number of aliphatic hydroxyl groups excluding tert-OH is 1. The molecule has 3 nitrogen and oxygen atoms in total. The van der Waals surface area contributed by atoms with Gasteiger partial charge in [-0.05, 0) is 49.4 Å². The monoisotopic (exact) mass is 332 g/mol. The van der Waals surface area contributed by atoms with Crippen molar-refractivity contribution in [2.24, 2.45) is 22.7 Å². The number of ether oxygens (including phenoxy) is 1. The van der Waals surface area contributed by atoms with Gasteiger partial charge in [-0.15, -0.1) is 0 Å². The lowest BCUT2D eigenvalue weighted by molar-refractivity contribution is -0.112. The number of carbonyl (C=O) groups is 1. The summed E-state index contributed by atoms with van der Waals surface area (Å²) in [4.78, 5) is 11.5. The number of rotatable bonds is 3. The van der Waals surface area contributed by atoms with Crippen LogP contribution in [0.25, 0.3) is 0 Å². The largest absolute Gasteiger partial charge is 0.389 e. The van der Waals surface area contributed by atoms with Crippen LogP contribution in [0.1, 0.15) is 59.8 Å². The summed E-state index contributed by atoms with van der Waals surface area (Å²) in [5, 5.41) is 11.2. The smallest absolute Gasteiger partial charge is 0.148 e. The van der Waals surface area contributed by atoms with Crippen LogP contribution in [-0.2, 0) is 9.53 Å². The van der Waals surface area contributed by atoms with Crippen LogP contribution in [-0.4, -0.2) is 30.7 Å². The maximum absolute atomic E-state index is 11.5. The normalized spacial score (nSPS) is 42.5. The van der Waals surface area contributed by atoms with Crippen LogP contribution in [0.2, 0.25) is 0 Å². The number of hydrogen-bond donors (Lipinski definition) is 1. The molecule has 0 spiro atoms. The molecule has 0 heterocycles. The second kappa shape index (κ2) is 6.10. The molecule has 0 radical (unpaired) electrons. The molecule has 0 aliphatic heterocycles. The highest BCUT2D eigenvalue weighted by Crippen LogP contribution is 2.63. The average Bonchev–Trinajstić information content (AvgIpc) is 2.85. The number of aldehydes is 1. The fraction of sp³-hybridized carbons (Fsp3) is 0.762. The van der Waals surface area contributed by atoms with E-state index in [4.69, 9.17) is 4.74 Å². The van der Waals surface area contributed by atoms with Gasteiger partial charge in [0.05, 0.1) is 6.10 Å². The van der Waals surface area contributed by atoms with Crippen molar-refractivity contribution < 1.29 is 14.6 Å². The van der Waals surface area contributed by atoms with Gasteiger partial charge in [-0.2, -0.15) is 0 Å².